The normalized spacial score (nSPS) is 21.4. The summed E-state index contributed by atoms with van der Waals surface area (Å²) in [5.41, 5.74) is 2.33. The van der Waals surface area contributed by atoms with E-state index in [4.69, 9.17) is 11.6 Å². The van der Waals surface area contributed by atoms with Gasteiger partial charge in [-0.15, -0.1) is 0 Å². The van der Waals surface area contributed by atoms with Crippen LogP contribution in [0.1, 0.15) is 36.3 Å². The molecule has 33 heavy (non-hydrogen) atoms. The molecule has 0 radical (unpaired) electrons. The van der Waals surface area contributed by atoms with Gasteiger partial charge in [-0.1, -0.05) is 54.1 Å². The highest BCUT2D eigenvalue weighted by molar-refractivity contribution is 7.87. The van der Waals surface area contributed by atoms with Crippen LogP contribution in [-0.4, -0.2) is 55.0 Å². The topological polar surface area (TPSA) is 82.1 Å². The van der Waals surface area contributed by atoms with Gasteiger partial charge in [0.25, 0.3) is 5.92 Å². The number of hydrogen-bond acceptors (Lipinski definition) is 4. The van der Waals surface area contributed by atoms with E-state index in [1.807, 2.05) is 35.1 Å². The van der Waals surface area contributed by atoms with Crippen LogP contribution in [0, 0.1) is 0 Å². The fourth-order valence-corrected chi connectivity index (χ4v) is 5.35. The maximum Gasteiger partial charge on any atom is 0.352 e. The van der Waals surface area contributed by atoms with Crippen molar-refractivity contribution in [1.82, 2.24) is 14.0 Å². The van der Waals surface area contributed by atoms with E-state index in [2.05, 4.69) is 5.10 Å². The first-order chi connectivity index (χ1) is 15.6. The van der Waals surface area contributed by atoms with Crippen molar-refractivity contribution in [2.45, 2.75) is 31.1 Å². The first-order valence-corrected chi connectivity index (χ1v) is 12.3. The lowest BCUT2D eigenvalue weighted by Crippen LogP contribution is -2.53. The number of urea groups is 1. The molecule has 2 amide bonds. The first-order valence-electron chi connectivity index (χ1n) is 10.5. The molecule has 0 spiro atoms. The number of rotatable bonds is 4. The third-order valence-electron chi connectivity index (χ3n) is 5.68. The molecule has 0 bridgehead atoms. The van der Waals surface area contributed by atoms with Crippen LogP contribution in [0.2, 0.25) is 5.02 Å². The summed E-state index contributed by atoms with van der Waals surface area (Å²) < 4.78 is 55.0. The standard InChI is InChI=1S/C22H23ClF2N4O3S/c23-18-9-7-17(8-10-18)20-19(16-5-2-1-3-6-16)11-14-29(26-20)21(30)27-33(31,32)28-13-4-12-22(24,25)15-28/h1-3,5-10,19H,4,11-15H2,(H,27,30). The van der Waals surface area contributed by atoms with Crippen molar-refractivity contribution in [1.29, 1.82) is 0 Å². The maximum absolute atomic E-state index is 13.7. The summed E-state index contributed by atoms with van der Waals surface area (Å²) in [6.07, 6.45) is 0.138. The largest absolute Gasteiger partial charge is 0.352 e. The number of nitrogens with zero attached hydrogens (tertiary/aromatic N) is 3. The number of amides is 2. The van der Waals surface area contributed by atoms with Gasteiger partial charge in [0.05, 0.1) is 12.3 Å². The summed E-state index contributed by atoms with van der Waals surface area (Å²) in [5, 5.41) is 6.04. The number of hydrazone groups is 1. The second-order valence-corrected chi connectivity index (χ2v) is 10.2. The van der Waals surface area contributed by atoms with E-state index < -0.39 is 28.7 Å². The van der Waals surface area contributed by atoms with Crippen molar-refractivity contribution in [3.63, 3.8) is 0 Å². The molecule has 2 aliphatic rings. The number of carbonyl (C=O) groups excluding carboxylic acids is 1. The third kappa shape index (κ3) is 5.51. The first kappa shape index (κ1) is 23.6. The molecule has 1 fully saturated rings. The Kier molecular flexibility index (Phi) is 6.69. The fourth-order valence-electron chi connectivity index (χ4n) is 4.04. The van der Waals surface area contributed by atoms with Gasteiger partial charge in [0, 0.05) is 30.5 Å². The Labute approximate surface area is 196 Å². The summed E-state index contributed by atoms with van der Waals surface area (Å²) in [4.78, 5) is 12.8. The van der Waals surface area contributed by atoms with Crippen LogP contribution < -0.4 is 4.72 Å². The Hall–Kier alpha value is -2.56. The van der Waals surface area contributed by atoms with Gasteiger partial charge < -0.3 is 0 Å². The van der Waals surface area contributed by atoms with Crippen molar-refractivity contribution < 1.29 is 22.0 Å². The molecule has 0 aliphatic carbocycles. The summed E-state index contributed by atoms with van der Waals surface area (Å²) in [5.74, 6) is -3.24. The lowest BCUT2D eigenvalue weighted by atomic mass is 9.86. The molecule has 11 heteroatoms. The van der Waals surface area contributed by atoms with Crippen molar-refractivity contribution >= 4 is 33.6 Å². The lowest BCUT2D eigenvalue weighted by Gasteiger charge is -2.33. The van der Waals surface area contributed by atoms with E-state index in [1.54, 1.807) is 24.3 Å². The number of alkyl halides is 2. The Morgan fingerprint density at radius 2 is 1.79 bits per heavy atom. The molecule has 1 unspecified atom stereocenters. The zero-order valence-electron chi connectivity index (χ0n) is 17.6. The molecular weight excluding hydrogens is 474 g/mol. The Balaban J connectivity index is 1.59. The Morgan fingerprint density at radius 3 is 2.45 bits per heavy atom. The number of benzene rings is 2. The molecule has 1 N–H and O–H groups in total. The van der Waals surface area contributed by atoms with E-state index in [0.717, 1.165) is 16.1 Å². The predicted molar refractivity (Wildman–Crippen MR) is 122 cm³/mol. The average Bonchev–Trinajstić information content (AvgIpc) is 2.79. The van der Waals surface area contributed by atoms with Crippen LogP contribution in [0.15, 0.2) is 59.7 Å². The number of piperidine rings is 1. The Bertz CT molecular complexity index is 1140. The number of carbonyl (C=O) groups is 1. The highest BCUT2D eigenvalue weighted by atomic mass is 35.5. The van der Waals surface area contributed by atoms with E-state index in [-0.39, 0.29) is 31.8 Å². The van der Waals surface area contributed by atoms with E-state index in [9.17, 15) is 22.0 Å². The number of hydrogen-bond donors (Lipinski definition) is 1. The van der Waals surface area contributed by atoms with Crippen LogP contribution in [-0.2, 0) is 10.2 Å². The molecule has 2 aromatic rings. The summed E-state index contributed by atoms with van der Waals surface area (Å²) in [6, 6.07) is 15.7. The summed E-state index contributed by atoms with van der Waals surface area (Å²) in [7, 11) is -4.43. The highest BCUT2D eigenvalue weighted by Crippen LogP contribution is 2.31. The zero-order chi connectivity index (χ0) is 23.6. The van der Waals surface area contributed by atoms with Gasteiger partial charge in [0.1, 0.15) is 0 Å². The predicted octanol–water partition coefficient (Wildman–Crippen LogP) is 4.22. The van der Waals surface area contributed by atoms with E-state index in [1.165, 1.54) is 0 Å². The SMILES string of the molecule is O=C(NS(=O)(=O)N1CCCC(F)(F)C1)N1CCC(c2ccccc2)C(c2ccc(Cl)cc2)=N1. The monoisotopic (exact) mass is 496 g/mol. The molecule has 2 aromatic carbocycles. The summed E-state index contributed by atoms with van der Waals surface area (Å²) in [6.45, 7) is -0.868. The van der Waals surface area contributed by atoms with Gasteiger partial charge >= 0.3 is 16.2 Å². The van der Waals surface area contributed by atoms with Gasteiger partial charge in [0.15, 0.2) is 0 Å². The number of halogens is 3. The molecule has 1 atom stereocenters. The minimum absolute atomic E-state index is 0.0173. The van der Waals surface area contributed by atoms with Crippen molar-refractivity contribution in [2.24, 2.45) is 5.10 Å². The van der Waals surface area contributed by atoms with Crippen LogP contribution in [0.5, 0.6) is 0 Å². The third-order valence-corrected chi connectivity index (χ3v) is 7.35. The van der Waals surface area contributed by atoms with Gasteiger partial charge in [-0.05, 0) is 36.1 Å². The minimum atomic E-state index is -4.43. The fraction of sp³-hybridized carbons (Fsp3) is 0.364. The van der Waals surface area contributed by atoms with Gasteiger partial charge in [0.2, 0.25) is 0 Å². The maximum atomic E-state index is 13.7. The molecule has 4 rings (SSSR count). The van der Waals surface area contributed by atoms with Crippen molar-refractivity contribution in [3.05, 3.63) is 70.7 Å². The quantitative estimate of drug-likeness (QED) is 0.688. The molecule has 0 aromatic heterocycles. The Morgan fingerprint density at radius 1 is 1.09 bits per heavy atom. The van der Waals surface area contributed by atoms with Gasteiger partial charge in [-0.2, -0.15) is 17.8 Å². The molecular formula is C22H23ClF2N4O3S. The second kappa shape index (κ2) is 9.36. The molecule has 1 saturated heterocycles. The van der Waals surface area contributed by atoms with Gasteiger partial charge in [-0.25, -0.2) is 23.3 Å². The van der Waals surface area contributed by atoms with E-state index in [0.29, 0.717) is 21.5 Å². The summed E-state index contributed by atoms with van der Waals surface area (Å²) >= 11 is 6.01. The van der Waals surface area contributed by atoms with Crippen LogP contribution in [0.4, 0.5) is 13.6 Å². The number of nitrogens with one attached hydrogen (secondary N) is 1. The molecule has 176 valence electrons. The van der Waals surface area contributed by atoms with E-state index >= 15 is 0 Å². The molecule has 0 saturated carbocycles. The van der Waals surface area contributed by atoms with Crippen LogP contribution in [0.25, 0.3) is 0 Å². The van der Waals surface area contributed by atoms with Gasteiger partial charge in [-0.3, -0.25) is 0 Å². The second-order valence-electron chi connectivity index (χ2n) is 8.07. The molecule has 7 nitrogen and oxygen atoms in total. The van der Waals surface area contributed by atoms with Crippen molar-refractivity contribution in [2.75, 3.05) is 19.6 Å². The lowest BCUT2D eigenvalue weighted by molar-refractivity contribution is -0.0436. The zero-order valence-corrected chi connectivity index (χ0v) is 19.2. The van der Waals surface area contributed by atoms with Crippen LogP contribution in [0.3, 0.4) is 0 Å². The van der Waals surface area contributed by atoms with Crippen LogP contribution >= 0.6 is 11.6 Å². The van der Waals surface area contributed by atoms with Crippen molar-refractivity contribution in [3.8, 4) is 0 Å². The smallest absolute Gasteiger partial charge is 0.245 e. The molecule has 2 aliphatic heterocycles. The molecule has 2 heterocycles. The minimum Gasteiger partial charge on any atom is -0.245 e. The highest BCUT2D eigenvalue weighted by Gasteiger charge is 2.41. The average molecular weight is 497 g/mol.